The number of alkyl halides is 1. The highest BCUT2D eigenvalue weighted by Crippen LogP contribution is 2.13. The van der Waals surface area contributed by atoms with Crippen molar-refractivity contribution in [3.05, 3.63) is 35.9 Å². The van der Waals surface area contributed by atoms with Crippen molar-refractivity contribution in [2.75, 3.05) is 26.2 Å². The number of benzene rings is 1. The van der Waals surface area contributed by atoms with Crippen molar-refractivity contribution in [2.45, 2.75) is 24.7 Å². The van der Waals surface area contributed by atoms with Gasteiger partial charge in [0.25, 0.3) is 0 Å². The minimum Gasteiger partial charge on any atom is -0.339 e. The van der Waals surface area contributed by atoms with Gasteiger partial charge in [0.2, 0.25) is 5.91 Å². The third-order valence-electron chi connectivity index (χ3n) is 3.56. The normalized spacial score (nSPS) is 18.3. The highest BCUT2D eigenvalue weighted by atomic mass is 79.9. The molecule has 1 atom stereocenters. The summed E-state index contributed by atoms with van der Waals surface area (Å²) in [5.74, 6) is 0.238. The molecule has 1 aliphatic rings. The molecule has 0 bridgehead atoms. The van der Waals surface area contributed by atoms with E-state index in [1.165, 1.54) is 5.56 Å². The maximum atomic E-state index is 12.1. The van der Waals surface area contributed by atoms with Crippen molar-refractivity contribution in [3.63, 3.8) is 0 Å². The van der Waals surface area contributed by atoms with Crippen molar-refractivity contribution in [1.29, 1.82) is 0 Å². The highest BCUT2D eigenvalue weighted by molar-refractivity contribution is 9.10. The van der Waals surface area contributed by atoms with Crippen LogP contribution in [0.15, 0.2) is 30.3 Å². The molecule has 1 fully saturated rings. The minimum atomic E-state index is -0.0202. The Morgan fingerprint density at radius 2 is 1.84 bits per heavy atom. The molecule has 104 valence electrons. The van der Waals surface area contributed by atoms with Crippen LogP contribution in [0, 0.1) is 0 Å². The molecule has 0 saturated carbocycles. The van der Waals surface area contributed by atoms with Crippen LogP contribution in [0.25, 0.3) is 0 Å². The molecule has 1 unspecified atom stereocenters. The molecule has 1 amide bonds. The third-order valence-corrected chi connectivity index (χ3v) is 4.60. The number of rotatable bonds is 4. The van der Waals surface area contributed by atoms with Crippen LogP contribution in [0.5, 0.6) is 0 Å². The average molecular weight is 325 g/mol. The smallest absolute Gasteiger partial charge is 0.236 e. The Hall–Kier alpha value is -0.870. The topological polar surface area (TPSA) is 23.6 Å². The van der Waals surface area contributed by atoms with E-state index in [0.717, 1.165) is 39.1 Å². The van der Waals surface area contributed by atoms with Gasteiger partial charge in [-0.1, -0.05) is 53.2 Å². The van der Waals surface area contributed by atoms with E-state index in [2.05, 4.69) is 45.1 Å². The van der Waals surface area contributed by atoms with Crippen LogP contribution in [0.4, 0.5) is 0 Å². The summed E-state index contributed by atoms with van der Waals surface area (Å²) in [4.78, 5) is 16.4. The summed E-state index contributed by atoms with van der Waals surface area (Å²) < 4.78 is 0. The van der Waals surface area contributed by atoms with E-state index in [0.29, 0.717) is 0 Å². The standard InChI is InChI=1S/C15H21BrN2O/c1-2-14(16)15(19)18-10-8-17(9-11-18)12-13-6-4-3-5-7-13/h3-7,14H,2,8-12H2,1H3. The largest absolute Gasteiger partial charge is 0.339 e. The molecule has 2 rings (SSSR count). The number of amides is 1. The van der Waals surface area contributed by atoms with Gasteiger partial charge in [-0.2, -0.15) is 0 Å². The van der Waals surface area contributed by atoms with E-state index in [-0.39, 0.29) is 10.7 Å². The van der Waals surface area contributed by atoms with Crippen molar-refractivity contribution in [3.8, 4) is 0 Å². The van der Waals surface area contributed by atoms with Crippen LogP contribution in [0.3, 0.4) is 0 Å². The van der Waals surface area contributed by atoms with Crippen LogP contribution < -0.4 is 0 Å². The molecule has 1 aliphatic heterocycles. The first-order valence-corrected chi connectivity index (χ1v) is 7.81. The molecule has 0 spiro atoms. The molecule has 1 aromatic rings. The van der Waals surface area contributed by atoms with Gasteiger partial charge in [-0.25, -0.2) is 0 Å². The second-order valence-corrected chi connectivity index (χ2v) is 6.07. The maximum Gasteiger partial charge on any atom is 0.236 e. The number of nitrogens with zero attached hydrogens (tertiary/aromatic N) is 2. The Kier molecular flexibility index (Phi) is 5.40. The lowest BCUT2D eigenvalue weighted by Crippen LogP contribution is -2.50. The van der Waals surface area contributed by atoms with Crippen LogP contribution >= 0.6 is 15.9 Å². The van der Waals surface area contributed by atoms with E-state index in [4.69, 9.17) is 0 Å². The van der Waals surface area contributed by atoms with Gasteiger partial charge in [-0.3, -0.25) is 9.69 Å². The Bertz CT molecular complexity index is 402. The summed E-state index contributed by atoms with van der Waals surface area (Å²) >= 11 is 3.44. The average Bonchev–Trinajstić information content (AvgIpc) is 2.47. The first-order chi connectivity index (χ1) is 9.20. The van der Waals surface area contributed by atoms with Gasteiger partial charge in [-0.15, -0.1) is 0 Å². The van der Waals surface area contributed by atoms with Crippen molar-refractivity contribution >= 4 is 21.8 Å². The number of carbonyl (C=O) groups is 1. The van der Waals surface area contributed by atoms with Crippen molar-refractivity contribution in [2.24, 2.45) is 0 Å². The Morgan fingerprint density at radius 3 is 2.42 bits per heavy atom. The second-order valence-electron chi connectivity index (χ2n) is 4.96. The molecule has 0 N–H and O–H groups in total. The van der Waals surface area contributed by atoms with Gasteiger partial charge < -0.3 is 4.90 Å². The molecule has 0 radical (unpaired) electrons. The molecule has 0 aromatic heterocycles. The summed E-state index contributed by atoms with van der Waals surface area (Å²) in [6.45, 7) is 6.62. The summed E-state index contributed by atoms with van der Waals surface area (Å²) in [5, 5.41) is 0. The minimum absolute atomic E-state index is 0.0202. The number of carbonyl (C=O) groups excluding carboxylic acids is 1. The van der Waals surface area contributed by atoms with Gasteiger partial charge >= 0.3 is 0 Å². The van der Waals surface area contributed by atoms with E-state index in [1.807, 2.05) is 17.9 Å². The fraction of sp³-hybridized carbons (Fsp3) is 0.533. The molecular formula is C15H21BrN2O. The predicted molar refractivity (Wildman–Crippen MR) is 81.3 cm³/mol. The SMILES string of the molecule is CCC(Br)C(=O)N1CCN(Cc2ccccc2)CC1. The third kappa shape index (κ3) is 4.05. The lowest BCUT2D eigenvalue weighted by Gasteiger charge is -2.35. The monoisotopic (exact) mass is 324 g/mol. The van der Waals surface area contributed by atoms with E-state index in [9.17, 15) is 4.79 Å². The molecular weight excluding hydrogens is 304 g/mol. The summed E-state index contributed by atoms with van der Waals surface area (Å²) in [7, 11) is 0. The zero-order valence-electron chi connectivity index (χ0n) is 11.4. The quantitative estimate of drug-likeness (QED) is 0.794. The zero-order valence-corrected chi connectivity index (χ0v) is 13.0. The van der Waals surface area contributed by atoms with Gasteiger partial charge in [0, 0.05) is 32.7 Å². The Balaban J connectivity index is 1.81. The molecule has 0 aliphatic carbocycles. The first-order valence-electron chi connectivity index (χ1n) is 6.90. The second kappa shape index (κ2) is 7.06. The maximum absolute atomic E-state index is 12.1. The summed E-state index contributed by atoms with van der Waals surface area (Å²) in [5.41, 5.74) is 1.34. The molecule has 4 heteroatoms. The molecule has 1 aromatic carbocycles. The van der Waals surface area contributed by atoms with E-state index in [1.54, 1.807) is 0 Å². The molecule has 3 nitrogen and oxygen atoms in total. The summed E-state index contributed by atoms with van der Waals surface area (Å²) in [6.07, 6.45) is 0.850. The van der Waals surface area contributed by atoms with Gasteiger partial charge in [0.05, 0.1) is 4.83 Å². The fourth-order valence-corrected chi connectivity index (χ4v) is 2.63. The van der Waals surface area contributed by atoms with Crippen LogP contribution in [0.2, 0.25) is 0 Å². The van der Waals surface area contributed by atoms with Crippen molar-refractivity contribution < 1.29 is 4.79 Å². The number of hydrogen-bond donors (Lipinski definition) is 0. The van der Waals surface area contributed by atoms with Gasteiger partial charge in [-0.05, 0) is 12.0 Å². The highest BCUT2D eigenvalue weighted by Gasteiger charge is 2.24. The Labute approximate surface area is 123 Å². The zero-order chi connectivity index (χ0) is 13.7. The van der Waals surface area contributed by atoms with E-state index < -0.39 is 0 Å². The molecule has 1 saturated heterocycles. The van der Waals surface area contributed by atoms with E-state index >= 15 is 0 Å². The molecule has 19 heavy (non-hydrogen) atoms. The van der Waals surface area contributed by atoms with Crippen LogP contribution in [-0.2, 0) is 11.3 Å². The fourth-order valence-electron chi connectivity index (χ4n) is 2.34. The lowest BCUT2D eigenvalue weighted by atomic mass is 10.2. The number of halogens is 1. The molecule has 1 heterocycles. The van der Waals surface area contributed by atoms with Gasteiger partial charge in [0.15, 0.2) is 0 Å². The van der Waals surface area contributed by atoms with Crippen LogP contribution in [-0.4, -0.2) is 46.7 Å². The van der Waals surface area contributed by atoms with Gasteiger partial charge in [0.1, 0.15) is 0 Å². The van der Waals surface area contributed by atoms with Crippen LogP contribution in [0.1, 0.15) is 18.9 Å². The first kappa shape index (κ1) is 14.5. The predicted octanol–water partition coefficient (Wildman–Crippen LogP) is 2.50. The lowest BCUT2D eigenvalue weighted by molar-refractivity contribution is -0.132. The summed E-state index contributed by atoms with van der Waals surface area (Å²) in [6, 6.07) is 10.5. The van der Waals surface area contributed by atoms with Crippen molar-refractivity contribution in [1.82, 2.24) is 9.80 Å². The Morgan fingerprint density at radius 1 is 1.21 bits per heavy atom. The number of hydrogen-bond acceptors (Lipinski definition) is 2. The number of piperazine rings is 1.